The molecular weight excluding hydrogens is 417 g/mol. The van der Waals surface area contributed by atoms with Gasteiger partial charge in [0.25, 0.3) is 5.95 Å². The summed E-state index contributed by atoms with van der Waals surface area (Å²) in [5.74, 6) is -0.311. The van der Waals surface area contributed by atoms with Crippen molar-refractivity contribution in [3.05, 3.63) is 22.0 Å². The molecule has 0 bridgehead atoms. The first-order valence-electron chi connectivity index (χ1n) is 2.85. The molecular formula is C5H6N3O3Rf-. The second kappa shape index (κ2) is 3.11. The summed E-state index contributed by atoms with van der Waals surface area (Å²) in [6.07, 6.45) is 2.33. The minimum atomic E-state index is -0.629. The molecule has 1 heterocycles. The van der Waals surface area contributed by atoms with E-state index < -0.39 is 4.92 Å². The number of aromatic nitrogens is 2. The topological polar surface area (TPSA) is 81.2 Å². The molecule has 0 aliphatic rings. The van der Waals surface area contributed by atoms with Crippen LogP contribution in [0.4, 0.5) is 5.95 Å². The van der Waals surface area contributed by atoms with Crippen LogP contribution in [0, 0.1) is 16.3 Å². The maximum atomic E-state index is 10.2. The van der Waals surface area contributed by atoms with Crippen molar-refractivity contribution in [3.63, 3.8) is 0 Å². The molecule has 0 atom stereocenters. The molecule has 0 radical (unpaired) electrons. The number of hydrogen-bond donors (Lipinski definition) is 1. The van der Waals surface area contributed by atoms with E-state index in [9.17, 15) is 10.1 Å². The smallest absolute Gasteiger partial charge is 0.278 e. The third-order valence-corrected chi connectivity index (χ3v) is 1.30. The fourth-order valence-electron chi connectivity index (χ4n) is 0.690. The van der Waals surface area contributed by atoms with Gasteiger partial charge in [0.1, 0.15) is 0 Å². The minimum absolute atomic E-state index is 0. The van der Waals surface area contributed by atoms with Crippen molar-refractivity contribution in [1.29, 1.82) is 0 Å². The van der Waals surface area contributed by atoms with Crippen LogP contribution in [0.15, 0.2) is 0 Å². The molecule has 62 valence electrons. The van der Waals surface area contributed by atoms with Gasteiger partial charge >= 0.3 is 0 Å². The zero-order chi connectivity index (χ0) is 8.43. The molecule has 12 heavy (non-hydrogen) atoms. The van der Waals surface area contributed by atoms with E-state index in [0.717, 1.165) is 0 Å². The van der Waals surface area contributed by atoms with Crippen molar-refractivity contribution in [1.82, 2.24) is 9.55 Å². The van der Waals surface area contributed by atoms with Gasteiger partial charge in [0, 0.05) is 12.7 Å². The third kappa shape index (κ3) is 1.19. The van der Waals surface area contributed by atoms with Crippen LogP contribution in [0.5, 0.6) is 0 Å². The summed E-state index contributed by atoms with van der Waals surface area (Å²) in [6.45, 7) is -0.294. The third-order valence-electron chi connectivity index (χ3n) is 1.30. The van der Waals surface area contributed by atoms with Gasteiger partial charge in [0.2, 0.25) is 0 Å². The van der Waals surface area contributed by atoms with Gasteiger partial charge in [0.05, 0.1) is 6.61 Å². The van der Waals surface area contributed by atoms with Gasteiger partial charge in [-0.25, -0.2) is 0 Å². The number of imidazole rings is 1. The van der Waals surface area contributed by atoms with Crippen molar-refractivity contribution in [3.8, 4) is 0 Å². The van der Waals surface area contributed by atoms with Crippen molar-refractivity contribution in [2.45, 2.75) is 6.61 Å². The van der Waals surface area contributed by atoms with Crippen LogP contribution in [0.1, 0.15) is 5.69 Å². The van der Waals surface area contributed by atoms with E-state index in [0.29, 0.717) is 5.69 Å². The minimum Gasteiger partial charge on any atom is -0.408 e. The molecule has 7 heteroatoms. The number of nitrogens with zero attached hydrogens (tertiary/aromatic N) is 3. The standard InChI is InChI=1S/C5H6N3O3.Rf/c1-7-4(3-9)2-6-5(7)8(10)11;/h9H,3H2,1H3;/q-1;. The second-order valence-corrected chi connectivity index (χ2v) is 1.94. The fourth-order valence-corrected chi connectivity index (χ4v) is 0.690. The SMILES string of the molecule is Cn1c(CO)[c-]nc1[N+](=O)[O-].[Rf]. The molecule has 0 spiro atoms. The molecule has 1 N–H and O–H groups in total. The Labute approximate surface area is 62.2 Å². The van der Waals surface area contributed by atoms with Crippen LogP contribution in [0.2, 0.25) is 0 Å². The summed E-state index contributed by atoms with van der Waals surface area (Å²) in [6, 6.07) is 0. The number of aliphatic hydroxyl groups excluding tert-OH is 1. The van der Waals surface area contributed by atoms with Crippen LogP contribution >= 0.6 is 0 Å². The van der Waals surface area contributed by atoms with Crippen molar-refractivity contribution in [2.75, 3.05) is 0 Å². The van der Waals surface area contributed by atoms with Crippen LogP contribution in [-0.4, -0.2) is 19.6 Å². The summed E-state index contributed by atoms with van der Waals surface area (Å²) in [7, 11) is 1.45. The predicted molar refractivity (Wildman–Crippen MR) is 34.6 cm³/mol. The summed E-state index contributed by atoms with van der Waals surface area (Å²) in [4.78, 5) is 12.9. The van der Waals surface area contributed by atoms with Crippen molar-refractivity contribution < 1.29 is 10.0 Å². The van der Waals surface area contributed by atoms with Gasteiger partial charge in [-0.15, -0.1) is 4.92 Å². The summed E-state index contributed by atoms with van der Waals surface area (Å²) < 4.78 is 1.18. The second-order valence-electron chi connectivity index (χ2n) is 1.94. The van der Waals surface area contributed by atoms with E-state index >= 15 is 0 Å². The summed E-state index contributed by atoms with van der Waals surface area (Å²) in [5, 5.41) is 18.8. The first-order chi connectivity index (χ1) is 5.16. The quantitative estimate of drug-likeness (QED) is 0.400. The van der Waals surface area contributed by atoms with Gasteiger partial charge in [-0.3, -0.25) is 4.98 Å². The molecule has 0 unspecified atom stereocenters. The Morgan fingerprint density at radius 1 is 1.83 bits per heavy atom. The molecule has 1 rings (SSSR count). The molecule has 0 aromatic carbocycles. The first kappa shape index (κ1) is 9.57. The van der Waals surface area contributed by atoms with Crippen LogP contribution < -0.4 is 0 Å². The Kier molecular flexibility index (Phi) is 2.48. The van der Waals surface area contributed by atoms with Gasteiger partial charge in [-0.2, -0.15) is 0 Å². The van der Waals surface area contributed by atoms with Gasteiger partial charge < -0.3 is 19.8 Å². The van der Waals surface area contributed by atoms with E-state index in [1.807, 2.05) is 0 Å². The number of hydrogen-bond acceptors (Lipinski definition) is 4. The average molecular weight is 423 g/mol. The fraction of sp³-hybridized carbons (Fsp3) is 0.400. The first-order valence-corrected chi connectivity index (χ1v) is 2.85. The van der Waals surface area contributed by atoms with Crippen LogP contribution in [0.3, 0.4) is 0 Å². The number of rotatable bonds is 2. The average Bonchev–Trinajstić information content (AvgIpc) is 2.30. The van der Waals surface area contributed by atoms with Gasteiger partial charge in [-0.05, 0) is 6.20 Å². The van der Waals surface area contributed by atoms with Crippen LogP contribution in [-0.2, 0) is 13.7 Å². The van der Waals surface area contributed by atoms with E-state index in [2.05, 4.69) is 11.2 Å². The van der Waals surface area contributed by atoms with E-state index in [1.54, 1.807) is 0 Å². The largest absolute Gasteiger partial charge is 0.408 e. The Hall–Kier alpha value is -2.43. The molecule has 0 amide bonds. The van der Waals surface area contributed by atoms with Crippen LogP contribution in [0.25, 0.3) is 0 Å². The number of nitro groups is 1. The molecule has 1 aromatic heterocycles. The summed E-state index contributed by atoms with van der Waals surface area (Å²) in [5.41, 5.74) is 0.303. The van der Waals surface area contributed by atoms with E-state index in [-0.39, 0.29) is 12.6 Å². The van der Waals surface area contributed by atoms with Crippen molar-refractivity contribution >= 4 is 5.95 Å². The Morgan fingerprint density at radius 2 is 2.42 bits per heavy atom. The monoisotopic (exact) mass is 423 g/mol. The van der Waals surface area contributed by atoms with Gasteiger partial charge in [-0.1, -0.05) is 0 Å². The predicted octanol–water partition coefficient (Wildman–Crippen LogP) is -0.379. The Morgan fingerprint density at radius 3 is 2.67 bits per heavy atom. The molecule has 0 aliphatic heterocycles. The molecule has 0 fully saturated rings. The normalized spacial score (nSPS) is 9.17. The molecule has 0 saturated heterocycles. The van der Waals surface area contributed by atoms with E-state index in [1.165, 1.54) is 11.6 Å². The number of aliphatic hydroxyl groups is 1. The van der Waals surface area contributed by atoms with Crippen molar-refractivity contribution in [2.24, 2.45) is 7.05 Å². The maximum Gasteiger partial charge on any atom is 0.278 e. The molecule has 0 saturated carbocycles. The molecule has 1 aromatic rings. The Bertz CT molecular complexity index is 285. The zero-order valence-corrected chi connectivity index (χ0v) is 12.9. The van der Waals surface area contributed by atoms with Gasteiger partial charge in [0.15, 0.2) is 0 Å². The molecule has 6 nitrogen and oxygen atoms in total. The molecule has 0 aliphatic carbocycles. The summed E-state index contributed by atoms with van der Waals surface area (Å²) >= 11 is 0. The Balaban J connectivity index is 0.00000121. The maximum absolute atomic E-state index is 10.2. The zero-order valence-electron chi connectivity index (χ0n) is 6.52. The van der Waals surface area contributed by atoms with E-state index in [4.69, 9.17) is 5.11 Å².